The normalized spacial score (nSPS) is 11.8. The third-order valence-electron chi connectivity index (χ3n) is 10.4. The maximum atomic E-state index is 6.76. The van der Waals surface area contributed by atoms with Gasteiger partial charge in [-0.15, -0.1) is 41.3 Å². The van der Waals surface area contributed by atoms with Crippen LogP contribution in [0.25, 0.3) is 44.4 Å². The second kappa shape index (κ2) is 16.1. The van der Waals surface area contributed by atoms with Crippen molar-refractivity contribution in [1.29, 1.82) is 0 Å². The summed E-state index contributed by atoms with van der Waals surface area (Å²) < 4.78 is 11.1. The largest absolute Gasteiger partial charge is 2.00 e. The second-order valence-corrected chi connectivity index (χ2v) is 15.6. The summed E-state index contributed by atoms with van der Waals surface area (Å²) in [5.74, 6) is 2.71. The van der Waals surface area contributed by atoms with Gasteiger partial charge in [0.15, 0.2) is 0 Å². The van der Waals surface area contributed by atoms with Crippen molar-refractivity contribution in [3.05, 3.63) is 131 Å². The molecule has 0 fully saturated rings. The Hall–Kier alpha value is -4.47. The van der Waals surface area contributed by atoms with Crippen molar-refractivity contribution < 1.29 is 25.8 Å². The second-order valence-electron chi connectivity index (χ2n) is 15.6. The summed E-state index contributed by atoms with van der Waals surface area (Å²) in [6, 6.07) is 35.4. The predicted octanol–water partition coefficient (Wildman–Crippen LogP) is 12.2. The zero-order valence-electron chi connectivity index (χ0n) is 33.2. The number of aromatic nitrogens is 4. The molecule has 5 nitrogen and oxygen atoms in total. The average Bonchev–Trinajstić information content (AvgIpc) is 3.69. The molecule has 7 rings (SSSR count). The fourth-order valence-corrected chi connectivity index (χ4v) is 7.73. The van der Waals surface area contributed by atoms with Crippen LogP contribution in [0.3, 0.4) is 0 Å². The Morgan fingerprint density at radius 2 is 1.48 bits per heavy atom. The van der Waals surface area contributed by atoms with Gasteiger partial charge in [0.2, 0.25) is 0 Å². The van der Waals surface area contributed by atoms with Crippen LogP contribution in [0.5, 0.6) is 11.5 Å². The van der Waals surface area contributed by atoms with Crippen LogP contribution in [0.15, 0.2) is 85.1 Å². The molecule has 0 aliphatic carbocycles. The number of ether oxygens (including phenoxy) is 1. The standard InChI is InChI=1S/C48H52N4O.Pt/c1-10-33-17-16-18-34(11-2)46(33)47-41(12-3)50-52(42(47)13-4)36-27-35(48(7,8)9)28-38(29-36)53-37-21-22-40-39-19-14-15-20-43(39)51(44(40)30-37)45-26-32(23-24-49-45)25-31(5)6;/h14-24,26-28,31H,10-13,25H2,1-9H3;/q-2;+2. The monoisotopic (exact) mass is 895 g/mol. The first-order valence-corrected chi connectivity index (χ1v) is 19.4. The van der Waals surface area contributed by atoms with E-state index in [1.807, 2.05) is 12.3 Å². The molecule has 0 amide bonds. The molecule has 3 aromatic heterocycles. The Kier molecular flexibility index (Phi) is 11.7. The van der Waals surface area contributed by atoms with Gasteiger partial charge in [0, 0.05) is 34.5 Å². The quantitative estimate of drug-likeness (QED) is 0.122. The van der Waals surface area contributed by atoms with E-state index in [4.69, 9.17) is 14.8 Å². The number of benzene rings is 4. The molecule has 0 bridgehead atoms. The molecule has 6 heteroatoms. The molecule has 7 aromatic rings. The number of para-hydroxylation sites is 1. The van der Waals surface area contributed by atoms with Gasteiger partial charge in [-0.1, -0.05) is 104 Å². The van der Waals surface area contributed by atoms with E-state index < -0.39 is 0 Å². The van der Waals surface area contributed by atoms with Crippen LogP contribution in [0.2, 0.25) is 0 Å². The molecule has 0 saturated carbocycles. The van der Waals surface area contributed by atoms with Crippen LogP contribution in [0.4, 0.5) is 0 Å². The molecule has 0 saturated heterocycles. The van der Waals surface area contributed by atoms with Gasteiger partial charge < -0.3 is 9.30 Å². The van der Waals surface area contributed by atoms with Crippen LogP contribution < -0.4 is 4.74 Å². The van der Waals surface area contributed by atoms with Gasteiger partial charge in [-0.05, 0) is 95.0 Å². The number of hydrogen-bond donors (Lipinski definition) is 0. The molecule has 0 aliphatic rings. The Balaban J connectivity index is 0.00000497. The van der Waals surface area contributed by atoms with Crippen molar-refractivity contribution in [2.24, 2.45) is 5.92 Å². The van der Waals surface area contributed by atoms with E-state index in [-0.39, 0.29) is 26.5 Å². The van der Waals surface area contributed by atoms with Crippen molar-refractivity contribution in [2.75, 3.05) is 0 Å². The van der Waals surface area contributed by atoms with E-state index in [0.717, 1.165) is 76.7 Å². The minimum Gasteiger partial charge on any atom is -0.509 e. The molecule has 4 aromatic carbocycles. The Bertz CT molecular complexity index is 2400. The number of aryl methyl sites for hydroxylation is 3. The molecular formula is C48H52N4OPt. The first kappa shape index (κ1) is 39.2. The van der Waals surface area contributed by atoms with Gasteiger partial charge in [-0.3, -0.25) is 4.68 Å². The first-order chi connectivity index (χ1) is 25.5. The van der Waals surface area contributed by atoms with E-state index in [9.17, 15) is 0 Å². The molecule has 3 heterocycles. The third-order valence-corrected chi connectivity index (χ3v) is 10.4. The number of pyridine rings is 1. The number of rotatable bonds is 11. The zero-order valence-corrected chi connectivity index (χ0v) is 35.5. The molecular weight excluding hydrogens is 844 g/mol. The Labute approximate surface area is 336 Å². The van der Waals surface area contributed by atoms with Crippen molar-refractivity contribution in [3.63, 3.8) is 0 Å². The summed E-state index contributed by atoms with van der Waals surface area (Å²) >= 11 is 0. The van der Waals surface area contributed by atoms with Gasteiger partial charge in [-0.25, -0.2) is 4.98 Å². The Morgan fingerprint density at radius 1 is 0.741 bits per heavy atom. The SMILES string of the molecule is CCc1cccc(CC)c1-c1c(CC)nn(-c2[c-]c(Oc3[c-]c4c(cc3)c3ccccc3n4-c3cc(CC(C)C)ccn3)cc(C(C)(C)C)c2)c1CC.[Pt+2]. The van der Waals surface area contributed by atoms with Crippen LogP contribution >= 0.6 is 0 Å². The van der Waals surface area contributed by atoms with Crippen molar-refractivity contribution >= 4 is 21.8 Å². The van der Waals surface area contributed by atoms with Gasteiger partial charge in [0.05, 0.1) is 5.69 Å². The minimum atomic E-state index is -0.130. The topological polar surface area (TPSA) is 44.9 Å². The van der Waals surface area contributed by atoms with E-state index in [1.54, 1.807) is 0 Å². The summed E-state index contributed by atoms with van der Waals surface area (Å²) in [6.07, 6.45) is 6.55. The maximum Gasteiger partial charge on any atom is 2.00 e. The van der Waals surface area contributed by atoms with E-state index in [2.05, 4.69) is 156 Å². The summed E-state index contributed by atoms with van der Waals surface area (Å²) in [6.45, 7) is 20.2. The smallest absolute Gasteiger partial charge is 0.509 e. The molecule has 0 spiro atoms. The molecule has 0 aliphatic heterocycles. The van der Waals surface area contributed by atoms with Crippen LogP contribution in [-0.2, 0) is 58.6 Å². The minimum absolute atomic E-state index is 0. The van der Waals surface area contributed by atoms with Crippen molar-refractivity contribution in [2.45, 2.75) is 99.8 Å². The van der Waals surface area contributed by atoms with Crippen molar-refractivity contribution in [1.82, 2.24) is 19.3 Å². The van der Waals surface area contributed by atoms with Crippen LogP contribution in [0.1, 0.15) is 96.0 Å². The van der Waals surface area contributed by atoms with Crippen LogP contribution in [0, 0.1) is 18.1 Å². The fraction of sp³-hybridized carbons (Fsp3) is 0.333. The van der Waals surface area contributed by atoms with Crippen LogP contribution in [-0.4, -0.2) is 19.3 Å². The number of hydrogen-bond acceptors (Lipinski definition) is 3. The number of nitrogens with zero attached hydrogens (tertiary/aromatic N) is 4. The first-order valence-electron chi connectivity index (χ1n) is 19.4. The molecule has 280 valence electrons. The molecule has 54 heavy (non-hydrogen) atoms. The van der Waals surface area contributed by atoms with E-state index in [1.165, 1.54) is 33.5 Å². The summed E-state index contributed by atoms with van der Waals surface area (Å²) in [5, 5.41) is 7.59. The molecule has 0 atom stereocenters. The average molecular weight is 896 g/mol. The molecule has 0 radical (unpaired) electrons. The van der Waals surface area contributed by atoms with E-state index >= 15 is 0 Å². The van der Waals surface area contributed by atoms with Gasteiger partial charge in [0.25, 0.3) is 0 Å². The number of fused-ring (bicyclic) bond motifs is 3. The van der Waals surface area contributed by atoms with Gasteiger partial charge in [0.1, 0.15) is 5.82 Å². The zero-order chi connectivity index (χ0) is 37.4. The summed E-state index contributed by atoms with van der Waals surface area (Å²) in [7, 11) is 0. The van der Waals surface area contributed by atoms with Gasteiger partial charge in [-0.2, -0.15) is 11.2 Å². The van der Waals surface area contributed by atoms with E-state index in [0.29, 0.717) is 17.4 Å². The Morgan fingerprint density at radius 3 is 2.15 bits per heavy atom. The van der Waals surface area contributed by atoms with Crippen molar-refractivity contribution in [3.8, 4) is 34.1 Å². The molecule has 0 unspecified atom stereocenters. The predicted molar refractivity (Wildman–Crippen MR) is 220 cm³/mol. The molecule has 0 N–H and O–H groups in total. The summed E-state index contributed by atoms with van der Waals surface area (Å²) in [4.78, 5) is 4.85. The van der Waals surface area contributed by atoms with Gasteiger partial charge >= 0.3 is 21.1 Å². The maximum absolute atomic E-state index is 6.76. The summed E-state index contributed by atoms with van der Waals surface area (Å²) in [5.41, 5.74) is 12.9. The third kappa shape index (κ3) is 7.45. The fourth-order valence-electron chi connectivity index (χ4n) is 7.73.